The summed E-state index contributed by atoms with van der Waals surface area (Å²) in [5, 5.41) is 11.8. The maximum absolute atomic E-state index is 11.8. The van der Waals surface area contributed by atoms with Crippen LogP contribution in [-0.4, -0.2) is 29.3 Å². The lowest BCUT2D eigenvalue weighted by molar-refractivity contribution is -0.141. The maximum atomic E-state index is 11.8. The van der Waals surface area contributed by atoms with E-state index in [-0.39, 0.29) is 17.7 Å². The number of carboxylic acids is 1. The summed E-state index contributed by atoms with van der Waals surface area (Å²) >= 11 is 1.58. The first-order chi connectivity index (χ1) is 10.1. The van der Waals surface area contributed by atoms with Crippen molar-refractivity contribution in [3.63, 3.8) is 0 Å². The smallest absolute Gasteiger partial charge is 0.303 e. The summed E-state index contributed by atoms with van der Waals surface area (Å²) in [6.07, 6.45) is 3.02. The molecular formula is C16H21NO3S. The van der Waals surface area contributed by atoms with Gasteiger partial charge < -0.3 is 10.4 Å². The molecule has 0 bridgehead atoms. The molecule has 0 heterocycles. The van der Waals surface area contributed by atoms with Gasteiger partial charge in [-0.15, -0.1) is 11.8 Å². The summed E-state index contributed by atoms with van der Waals surface area (Å²) in [6.45, 7) is 0.490. The van der Waals surface area contributed by atoms with Gasteiger partial charge >= 0.3 is 5.97 Å². The highest BCUT2D eigenvalue weighted by Crippen LogP contribution is 2.43. The zero-order valence-electron chi connectivity index (χ0n) is 12.0. The normalized spacial score (nSPS) is 16.0. The highest BCUT2D eigenvalue weighted by molar-refractivity contribution is 7.99. The van der Waals surface area contributed by atoms with Crippen LogP contribution in [0.5, 0.6) is 0 Å². The van der Waals surface area contributed by atoms with E-state index in [9.17, 15) is 9.59 Å². The molecule has 2 N–H and O–H groups in total. The minimum Gasteiger partial charge on any atom is -0.481 e. The van der Waals surface area contributed by atoms with Gasteiger partial charge in [0, 0.05) is 12.3 Å². The van der Waals surface area contributed by atoms with Crippen molar-refractivity contribution in [2.24, 2.45) is 5.41 Å². The molecule has 2 rings (SSSR count). The number of carbonyl (C=O) groups is 2. The Morgan fingerprint density at radius 3 is 2.52 bits per heavy atom. The van der Waals surface area contributed by atoms with E-state index in [1.165, 1.54) is 5.56 Å². The number of rotatable bonds is 8. The third-order valence-electron chi connectivity index (χ3n) is 3.95. The molecule has 1 saturated carbocycles. The second-order valence-corrected chi connectivity index (χ2v) is 6.66. The number of aliphatic carboxylic acids is 1. The van der Waals surface area contributed by atoms with Crippen molar-refractivity contribution < 1.29 is 14.7 Å². The number of amides is 1. The predicted octanol–water partition coefficient (Wildman–Crippen LogP) is 2.68. The Morgan fingerprint density at radius 2 is 1.95 bits per heavy atom. The Bertz CT molecular complexity index is 486. The van der Waals surface area contributed by atoms with Crippen LogP contribution < -0.4 is 5.32 Å². The zero-order valence-corrected chi connectivity index (χ0v) is 12.8. The molecule has 0 unspecified atom stereocenters. The predicted molar refractivity (Wildman–Crippen MR) is 84.2 cm³/mol. The molecule has 1 aliphatic rings. The van der Waals surface area contributed by atoms with Crippen LogP contribution in [0.15, 0.2) is 30.3 Å². The molecular weight excluding hydrogens is 286 g/mol. The molecule has 1 amide bonds. The lowest BCUT2D eigenvalue weighted by Crippen LogP contribution is -2.44. The lowest BCUT2D eigenvalue weighted by atomic mass is 9.66. The largest absolute Gasteiger partial charge is 0.481 e. The van der Waals surface area contributed by atoms with Crippen molar-refractivity contribution >= 4 is 23.6 Å². The van der Waals surface area contributed by atoms with Crippen LogP contribution in [-0.2, 0) is 15.3 Å². The van der Waals surface area contributed by atoms with E-state index in [1.54, 1.807) is 11.8 Å². The van der Waals surface area contributed by atoms with Crippen molar-refractivity contribution in [3.8, 4) is 0 Å². The fraction of sp³-hybridized carbons (Fsp3) is 0.500. The number of hydrogen-bond donors (Lipinski definition) is 2. The average Bonchev–Trinajstić information content (AvgIpc) is 2.42. The monoisotopic (exact) mass is 307 g/mol. The minimum atomic E-state index is -0.776. The fourth-order valence-corrected chi connectivity index (χ4v) is 3.40. The summed E-state index contributed by atoms with van der Waals surface area (Å²) in [7, 11) is 0. The molecule has 4 nitrogen and oxygen atoms in total. The first kappa shape index (κ1) is 15.9. The summed E-state index contributed by atoms with van der Waals surface area (Å²) < 4.78 is 0. The van der Waals surface area contributed by atoms with E-state index in [2.05, 4.69) is 5.32 Å². The second kappa shape index (κ2) is 7.50. The summed E-state index contributed by atoms with van der Waals surface area (Å²) in [5.41, 5.74) is 1.00. The van der Waals surface area contributed by atoms with Gasteiger partial charge in [-0.3, -0.25) is 9.59 Å². The van der Waals surface area contributed by atoms with Gasteiger partial charge in [-0.2, -0.15) is 0 Å². The molecule has 0 spiro atoms. The number of carboxylic acid groups (broad SMARTS) is 1. The molecule has 114 valence electrons. The van der Waals surface area contributed by atoms with Gasteiger partial charge in [-0.25, -0.2) is 0 Å². The van der Waals surface area contributed by atoms with E-state index in [1.807, 2.05) is 30.3 Å². The van der Waals surface area contributed by atoms with Gasteiger partial charge in [0.05, 0.1) is 12.2 Å². The first-order valence-electron chi connectivity index (χ1n) is 7.20. The molecule has 1 aromatic carbocycles. The number of thioether (sulfide) groups is 1. The molecule has 0 aliphatic heterocycles. The highest BCUT2D eigenvalue weighted by atomic mass is 32.2. The van der Waals surface area contributed by atoms with E-state index in [4.69, 9.17) is 5.11 Å². The first-order valence-corrected chi connectivity index (χ1v) is 8.35. The van der Waals surface area contributed by atoms with Crippen LogP contribution in [0, 0.1) is 5.41 Å². The van der Waals surface area contributed by atoms with Gasteiger partial charge in [0.2, 0.25) is 5.91 Å². The van der Waals surface area contributed by atoms with Gasteiger partial charge in [0.15, 0.2) is 0 Å². The molecule has 5 heteroatoms. The van der Waals surface area contributed by atoms with Crippen molar-refractivity contribution in [1.82, 2.24) is 5.32 Å². The molecule has 1 fully saturated rings. The lowest BCUT2D eigenvalue weighted by Gasteiger charge is -2.40. The zero-order chi connectivity index (χ0) is 15.1. The van der Waals surface area contributed by atoms with Crippen molar-refractivity contribution in [1.29, 1.82) is 0 Å². The molecule has 0 saturated heterocycles. The van der Waals surface area contributed by atoms with E-state index >= 15 is 0 Å². The number of hydrogen-bond acceptors (Lipinski definition) is 3. The molecule has 0 aromatic heterocycles. The van der Waals surface area contributed by atoms with Gasteiger partial charge in [-0.05, 0) is 23.8 Å². The van der Waals surface area contributed by atoms with Crippen molar-refractivity contribution in [2.75, 3.05) is 12.3 Å². The Balaban J connectivity index is 1.66. The maximum Gasteiger partial charge on any atom is 0.303 e. The van der Waals surface area contributed by atoms with Crippen LogP contribution in [0.2, 0.25) is 0 Å². The summed E-state index contributed by atoms with van der Waals surface area (Å²) in [4.78, 5) is 22.7. The average molecular weight is 307 g/mol. The standard InChI is InChI=1S/C16H21NO3S/c18-14(11-21-10-13-5-2-1-3-6-13)17-12-16(7-4-8-16)9-15(19)20/h1-3,5-6H,4,7-12H2,(H,17,18)(H,19,20). The topological polar surface area (TPSA) is 66.4 Å². The van der Waals surface area contributed by atoms with Crippen molar-refractivity contribution in [3.05, 3.63) is 35.9 Å². The number of nitrogens with one attached hydrogen (secondary N) is 1. The van der Waals surface area contributed by atoms with Crippen LogP contribution in [0.3, 0.4) is 0 Å². The van der Waals surface area contributed by atoms with Crippen LogP contribution >= 0.6 is 11.8 Å². The molecule has 0 atom stereocenters. The second-order valence-electron chi connectivity index (χ2n) is 5.68. The summed E-state index contributed by atoms with van der Waals surface area (Å²) in [6, 6.07) is 10.0. The fourth-order valence-electron chi connectivity index (χ4n) is 2.59. The Labute approximate surface area is 129 Å². The molecule has 1 aliphatic carbocycles. The summed E-state index contributed by atoms with van der Waals surface area (Å²) in [5.74, 6) is 0.446. The van der Waals surface area contributed by atoms with Gasteiger partial charge in [0.1, 0.15) is 0 Å². The minimum absolute atomic E-state index is 0.00686. The van der Waals surface area contributed by atoms with Gasteiger partial charge in [0.25, 0.3) is 0 Å². The SMILES string of the molecule is O=C(O)CC1(CNC(=O)CSCc2ccccc2)CCC1. The van der Waals surface area contributed by atoms with E-state index in [0.717, 1.165) is 25.0 Å². The number of carbonyl (C=O) groups excluding carboxylic acids is 1. The number of benzene rings is 1. The van der Waals surface area contributed by atoms with Crippen LogP contribution in [0.4, 0.5) is 0 Å². The Kier molecular flexibility index (Phi) is 5.67. The molecule has 1 aromatic rings. The van der Waals surface area contributed by atoms with Crippen LogP contribution in [0.1, 0.15) is 31.2 Å². The molecule has 0 radical (unpaired) electrons. The quantitative estimate of drug-likeness (QED) is 0.775. The molecule has 21 heavy (non-hydrogen) atoms. The highest BCUT2D eigenvalue weighted by Gasteiger charge is 2.39. The third kappa shape index (κ3) is 5.08. The van der Waals surface area contributed by atoms with Crippen molar-refractivity contribution in [2.45, 2.75) is 31.4 Å². The van der Waals surface area contributed by atoms with E-state index in [0.29, 0.717) is 12.3 Å². The Hall–Kier alpha value is -1.49. The van der Waals surface area contributed by atoms with E-state index < -0.39 is 5.97 Å². The Morgan fingerprint density at radius 1 is 1.24 bits per heavy atom. The third-order valence-corrected chi connectivity index (χ3v) is 4.95. The van der Waals surface area contributed by atoms with Gasteiger partial charge in [-0.1, -0.05) is 36.8 Å². The van der Waals surface area contributed by atoms with Crippen LogP contribution in [0.25, 0.3) is 0 Å².